The zero-order chi connectivity index (χ0) is 39.9. The summed E-state index contributed by atoms with van der Waals surface area (Å²) in [5.41, 5.74) is -0.692. The summed E-state index contributed by atoms with van der Waals surface area (Å²) < 4.78 is 38.2. The van der Waals surface area contributed by atoms with Crippen LogP contribution in [0.5, 0.6) is 0 Å². The molecule has 296 valence electrons. The standard InChI is InChI=1S/C40H55N3O11/c1-11-30-31(52-39(48)43-18-17-41-22-43)19-23(2)32(44)24(3)21-40(7,49-10)35(26(5)33(45)27(6)36(46)51-30)54-38-34(29(42(8)9)20-25(4)50-38)53-37(47)28-15-13-12-14-16-28/h12-19,22,24-27,29-31,34-35,38H,11,20-21H2,1-10H3/t24-,25-,26+,27-,29+,30-,31+,34-,35-,38?,40+/m1/s1. The van der Waals surface area contributed by atoms with E-state index in [0.717, 1.165) is 4.57 Å². The van der Waals surface area contributed by atoms with Gasteiger partial charge in [0.15, 0.2) is 30.1 Å². The molecule has 14 nitrogen and oxygen atoms in total. The molecule has 4 rings (SSSR count). The zero-order valence-corrected chi connectivity index (χ0v) is 32.9. The molecule has 1 aromatic heterocycles. The SMILES string of the molecule is CC[C@H]1OC(=O)[C@H](C)C(=O)[C@H](C)[C@@H](OC2O[C@H](C)C[C@H](N(C)C)[C@H]2OC(=O)c2ccccc2)[C@@](C)(OC)C[C@@H](C)C(=O)C(C)=C[C@@H]1OC(=O)n1ccnc1. The second kappa shape index (κ2) is 18.4. The average Bonchev–Trinajstić information content (AvgIpc) is 3.70. The number of hydrogen-bond donors (Lipinski definition) is 0. The number of ether oxygens (including phenoxy) is 6. The van der Waals surface area contributed by atoms with Crippen LogP contribution in [0.15, 0.2) is 60.7 Å². The van der Waals surface area contributed by atoms with Crippen LogP contribution in [-0.2, 0) is 42.8 Å². The van der Waals surface area contributed by atoms with E-state index in [2.05, 4.69) is 4.98 Å². The van der Waals surface area contributed by atoms with Crippen LogP contribution in [0.2, 0.25) is 0 Å². The van der Waals surface area contributed by atoms with Crippen LogP contribution in [0, 0.1) is 17.8 Å². The van der Waals surface area contributed by atoms with Crippen molar-refractivity contribution >= 4 is 29.6 Å². The highest BCUT2D eigenvalue weighted by atomic mass is 16.7. The topological polar surface area (TPSA) is 162 Å². The van der Waals surface area contributed by atoms with E-state index in [1.54, 1.807) is 65.0 Å². The Morgan fingerprint density at radius 1 is 1.06 bits per heavy atom. The Hall–Kier alpha value is -4.24. The molecule has 3 heterocycles. The lowest BCUT2D eigenvalue weighted by Crippen LogP contribution is -2.60. The fraction of sp³-hybridized carbons (Fsp3) is 0.600. The van der Waals surface area contributed by atoms with Crippen LogP contribution in [0.4, 0.5) is 4.79 Å². The molecule has 0 saturated carbocycles. The van der Waals surface area contributed by atoms with E-state index in [-0.39, 0.29) is 36.3 Å². The highest BCUT2D eigenvalue weighted by molar-refractivity contribution is 6.00. The number of Topliss-reactive ketones (excluding diaryl/α,β-unsaturated/α-hetero) is 2. The monoisotopic (exact) mass is 753 g/mol. The molecule has 11 atom stereocenters. The smallest absolute Gasteiger partial charge is 0.419 e. The minimum absolute atomic E-state index is 0.0825. The van der Waals surface area contributed by atoms with Crippen LogP contribution in [0.25, 0.3) is 0 Å². The molecule has 2 aliphatic heterocycles. The van der Waals surface area contributed by atoms with Crippen LogP contribution < -0.4 is 0 Å². The molecule has 2 aromatic rings. The van der Waals surface area contributed by atoms with Gasteiger partial charge in [-0.15, -0.1) is 0 Å². The number of imidazole rings is 1. The molecule has 54 heavy (non-hydrogen) atoms. The summed E-state index contributed by atoms with van der Waals surface area (Å²) in [5, 5.41) is 0. The summed E-state index contributed by atoms with van der Waals surface area (Å²) in [6, 6.07) is 8.25. The Morgan fingerprint density at radius 3 is 2.33 bits per heavy atom. The van der Waals surface area contributed by atoms with Crippen molar-refractivity contribution in [2.24, 2.45) is 17.8 Å². The van der Waals surface area contributed by atoms with Crippen molar-refractivity contribution in [3.05, 3.63) is 66.3 Å². The van der Waals surface area contributed by atoms with Gasteiger partial charge in [-0.2, -0.15) is 0 Å². The molecule has 0 bridgehead atoms. The molecule has 0 aliphatic carbocycles. The van der Waals surface area contributed by atoms with Crippen molar-refractivity contribution in [2.75, 3.05) is 21.2 Å². The van der Waals surface area contributed by atoms with E-state index >= 15 is 0 Å². The Morgan fingerprint density at radius 2 is 1.74 bits per heavy atom. The second-order valence-corrected chi connectivity index (χ2v) is 14.8. The number of cyclic esters (lactones) is 1. The third-order valence-corrected chi connectivity index (χ3v) is 10.5. The van der Waals surface area contributed by atoms with Crippen molar-refractivity contribution in [1.82, 2.24) is 14.5 Å². The molecule has 0 radical (unpaired) electrons. The van der Waals surface area contributed by atoms with E-state index < -0.39 is 77.9 Å². The number of aromatic nitrogens is 2. The number of nitrogens with zero attached hydrogens (tertiary/aromatic N) is 3. The number of rotatable bonds is 8. The first-order chi connectivity index (χ1) is 25.5. The highest BCUT2D eigenvalue weighted by Crippen LogP contribution is 2.38. The first-order valence-electron chi connectivity index (χ1n) is 18.5. The molecule has 0 amide bonds. The number of carbonyl (C=O) groups excluding carboxylic acids is 5. The van der Waals surface area contributed by atoms with Gasteiger partial charge in [0.05, 0.1) is 29.4 Å². The van der Waals surface area contributed by atoms with E-state index in [1.807, 2.05) is 25.9 Å². The van der Waals surface area contributed by atoms with Crippen LogP contribution in [-0.4, -0.2) is 114 Å². The van der Waals surface area contributed by atoms with Gasteiger partial charge in [0.2, 0.25) is 0 Å². The van der Waals surface area contributed by atoms with Crippen LogP contribution >= 0.6 is 0 Å². The average molecular weight is 754 g/mol. The minimum atomic E-state index is -1.32. The third-order valence-electron chi connectivity index (χ3n) is 10.5. The van der Waals surface area contributed by atoms with Gasteiger partial charge < -0.3 is 33.3 Å². The molecule has 14 heteroatoms. The number of carbonyl (C=O) groups is 5. The quantitative estimate of drug-likeness (QED) is 0.201. The summed E-state index contributed by atoms with van der Waals surface area (Å²) in [4.78, 5) is 74.3. The molecular weight excluding hydrogens is 698 g/mol. The Kier molecular flexibility index (Phi) is 14.5. The van der Waals surface area contributed by atoms with Crippen molar-refractivity contribution in [2.45, 2.75) is 116 Å². The lowest BCUT2D eigenvalue weighted by molar-refractivity contribution is -0.294. The van der Waals surface area contributed by atoms with Crippen LogP contribution in [0.1, 0.15) is 78.1 Å². The summed E-state index contributed by atoms with van der Waals surface area (Å²) in [6.45, 7) is 11.8. The second-order valence-electron chi connectivity index (χ2n) is 14.8. The Bertz CT molecular complexity index is 1640. The van der Waals surface area contributed by atoms with Crippen LogP contribution in [0.3, 0.4) is 0 Å². The lowest BCUT2D eigenvalue weighted by atomic mass is 9.77. The number of methoxy groups -OCH3 is 1. The number of hydrogen-bond acceptors (Lipinski definition) is 13. The first-order valence-corrected chi connectivity index (χ1v) is 18.5. The maximum Gasteiger partial charge on any atom is 0.419 e. The fourth-order valence-corrected chi connectivity index (χ4v) is 7.26. The molecular formula is C40H55N3O11. The molecule has 1 fully saturated rings. The molecule has 1 aromatic carbocycles. The molecule has 1 saturated heterocycles. The largest absolute Gasteiger partial charge is 0.458 e. The lowest BCUT2D eigenvalue weighted by Gasteiger charge is -2.47. The predicted molar refractivity (Wildman–Crippen MR) is 196 cm³/mol. The maximum absolute atomic E-state index is 14.3. The van der Waals surface area contributed by atoms with Gasteiger partial charge >= 0.3 is 18.0 Å². The predicted octanol–water partition coefficient (Wildman–Crippen LogP) is 5.04. The number of likely N-dealkylation sites (N-methyl/N-ethyl adjacent to an activating group) is 1. The Labute approximate surface area is 317 Å². The summed E-state index contributed by atoms with van der Waals surface area (Å²) in [5.74, 6) is -5.17. The van der Waals surface area contributed by atoms with Crippen molar-refractivity contribution in [3.63, 3.8) is 0 Å². The van der Waals surface area contributed by atoms with E-state index in [9.17, 15) is 24.0 Å². The molecule has 1 unspecified atom stereocenters. The van der Waals surface area contributed by atoms with Crippen molar-refractivity contribution in [3.8, 4) is 0 Å². The maximum atomic E-state index is 14.3. The third kappa shape index (κ3) is 9.89. The normalized spacial score (nSPS) is 33.0. The number of allylic oxidation sites excluding steroid dienone is 1. The summed E-state index contributed by atoms with van der Waals surface area (Å²) in [7, 11) is 5.21. The van der Waals surface area contributed by atoms with Gasteiger partial charge in [-0.3, -0.25) is 14.4 Å². The first kappa shape index (κ1) is 42.5. The van der Waals surface area contributed by atoms with Gasteiger partial charge in [-0.25, -0.2) is 19.1 Å². The van der Waals surface area contributed by atoms with Gasteiger partial charge in [-0.05, 0) is 84.8 Å². The van der Waals surface area contributed by atoms with Crippen molar-refractivity contribution in [1.29, 1.82) is 0 Å². The van der Waals surface area contributed by atoms with Gasteiger partial charge in [-0.1, -0.05) is 39.0 Å². The fourth-order valence-electron chi connectivity index (χ4n) is 7.26. The summed E-state index contributed by atoms with van der Waals surface area (Å²) in [6.07, 6.45) is -0.101. The zero-order valence-electron chi connectivity index (χ0n) is 32.9. The molecule has 0 spiro atoms. The van der Waals surface area contributed by atoms with Gasteiger partial charge in [0, 0.05) is 31.3 Å². The van der Waals surface area contributed by atoms with Crippen molar-refractivity contribution < 1.29 is 52.4 Å². The van der Waals surface area contributed by atoms with Gasteiger partial charge in [0.25, 0.3) is 0 Å². The Balaban J connectivity index is 1.76. The highest BCUT2D eigenvalue weighted by Gasteiger charge is 2.50. The molecule has 2 aliphatic rings. The summed E-state index contributed by atoms with van der Waals surface area (Å²) >= 11 is 0. The van der Waals surface area contributed by atoms with Gasteiger partial charge in [0.1, 0.15) is 18.3 Å². The van der Waals surface area contributed by atoms with E-state index in [4.69, 9.17) is 28.4 Å². The number of benzene rings is 1. The number of esters is 2. The van der Waals surface area contributed by atoms with E-state index in [1.165, 1.54) is 38.8 Å². The minimum Gasteiger partial charge on any atom is -0.458 e. The van der Waals surface area contributed by atoms with E-state index in [0.29, 0.717) is 12.0 Å². The number of ketones is 2. The molecule has 0 N–H and O–H groups in total.